The molecule has 1 fully saturated rings. The lowest BCUT2D eigenvalue weighted by Gasteiger charge is -2.34. The zero-order valence-electron chi connectivity index (χ0n) is 20.8. The van der Waals surface area contributed by atoms with E-state index in [1.807, 2.05) is 6.07 Å². The van der Waals surface area contributed by atoms with Crippen molar-refractivity contribution in [1.82, 2.24) is 9.80 Å². The number of piperazine rings is 1. The molecule has 0 radical (unpaired) electrons. The van der Waals surface area contributed by atoms with Crippen molar-refractivity contribution in [2.75, 3.05) is 60.7 Å². The predicted octanol–water partition coefficient (Wildman–Crippen LogP) is 3.28. The zero-order valence-corrected chi connectivity index (χ0v) is 20.8. The molecule has 2 aromatic rings. The fraction of sp³-hybridized carbons (Fsp3) is 0.462. The van der Waals surface area contributed by atoms with Gasteiger partial charge in [0, 0.05) is 45.2 Å². The van der Waals surface area contributed by atoms with Crippen LogP contribution >= 0.6 is 0 Å². The van der Waals surface area contributed by atoms with E-state index in [4.69, 9.17) is 18.9 Å². The second-order valence-electron chi connectivity index (χ2n) is 7.73. The van der Waals surface area contributed by atoms with Crippen molar-refractivity contribution in [3.05, 3.63) is 53.6 Å². The van der Waals surface area contributed by atoms with E-state index in [1.54, 1.807) is 17.0 Å². The average Bonchev–Trinajstić information content (AvgIpc) is 2.88. The first kappa shape index (κ1) is 27.0. The normalized spacial score (nSPS) is 13.4. The monoisotopic (exact) mass is 472 g/mol. The molecule has 1 saturated heterocycles. The fourth-order valence-corrected chi connectivity index (χ4v) is 3.59. The fourth-order valence-electron chi connectivity index (χ4n) is 3.59. The Morgan fingerprint density at radius 1 is 0.882 bits per heavy atom. The molecular formula is C26H36N2O6. The van der Waals surface area contributed by atoms with Crippen LogP contribution in [-0.4, -0.2) is 82.3 Å². The van der Waals surface area contributed by atoms with Crippen LogP contribution in [0.25, 0.3) is 0 Å². The molecule has 3 rings (SSSR count). The Labute approximate surface area is 202 Å². The van der Waals surface area contributed by atoms with Crippen LogP contribution in [0.2, 0.25) is 0 Å². The van der Waals surface area contributed by atoms with Crippen molar-refractivity contribution in [2.45, 2.75) is 20.3 Å². The number of benzene rings is 2. The maximum absolute atomic E-state index is 12.8. The van der Waals surface area contributed by atoms with Crippen molar-refractivity contribution < 1.29 is 28.5 Å². The van der Waals surface area contributed by atoms with Crippen LogP contribution in [0.1, 0.15) is 29.8 Å². The number of nitrogens with zero attached hydrogens (tertiary/aromatic N) is 2. The molecule has 0 aromatic heterocycles. The topological polar surface area (TPSA) is 77.5 Å². The van der Waals surface area contributed by atoms with Gasteiger partial charge in [-0.2, -0.15) is 0 Å². The van der Waals surface area contributed by atoms with Crippen LogP contribution in [-0.2, 0) is 16.0 Å². The Balaban J connectivity index is 0.000000430. The summed E-state index contributed by atoms with van der Waals surface area (Å²) in [5, 5.41) is 0. The molecule has 1 aliphatic rings. The second kappa shape index (κ2) is 14.1. The highest BCUT2D eigenvalue weighted by molar-refractivity contribution is 5.95. The van der Waals surface area contributed by atoms with E-state index in [-0.39, 0.29) is 11.9 Å². The van der Waals surface area contributed by atoms with Crippen molar-refractivity contribution >= 4 is 11.9 Å². The lowest BCUT2D eigenvalue weighted by molar-refractivity contribution is -0.141. The van der Waals surface area contributed by atoms with Gasteiger partial charge in [0.1, 0.15) is 6.61 Å². The van der Waals surface area contributed by atoms with Gasteiger partial charge < -0.3 is 23.8 Å². The minimum atomic E-state index is -0.277. The van der Waals surface area contributed by atoms with Gasteiger partial charge in [-0.25, -0.2) is 0 Å². The third kappa shape index (κ3) is 7.95. The van der Waals surface area contributed by atoms with E-state index in [1.165, 1.54) is 33.8 Å². The third-order valence-corrected chi connectivity index (χ3v) is 5.54. The number of rotatable bonds is 8. The van der Waals surface area contributed by atoms with E-state index in [2.05, 4.69) is 36.1 Å². The molecular weight excluding hydrogens is 436 g/mol. The molecule has 1 heterocycles. The Morgan fingerprint density at radius 3 is 1.91 bits per heavy atom. The summed E-state index contributed by atoms with van der Waals surface area (Å²) in [6.45, 7) is 7.28. The van der Waals surface area contributed by atoms with Crippen LogP contribution in [0.15, 0.2) is 42.5 Å². The molecule has 1 aliphatic heterocycles. The van der Waals surface area contributed by atoms with Crippen LogP contribution in [0.3, 0.4) is 0 Å². The molecule has 0 N–H and O–H groups in total. The molecule has 34 heavy (non-hydrogen) atoms. The van der Waals surface area contributed by atoms with E-state index < -0.39 is 0 Å². The maximum atomic E-state index is 12.8. The van der Waals surface area contributed by atoms with Crippen molar-refractivity contribution in [3.63, 3.8) is 0 Å². The van der Waals surface area contributed by atoms with Gasteiger partial charge >= 0.3 is 5.97 Å². The van der Waals surface area contributed by atoms with Crippen LogP contribution < -0.4 is 14.2 Å². The van der Waals surface area contributed by atoms with Gasteiger partial charge in [0.2, 0.25) is 5.75 Å². The first-order valence-electron chi connectivity index (χ1n) is 11.4. The summed E-state index contributed by atoms with van der Waals surface area (Å²) in [4.78, 5) is 27.6. The molecule has 2 aromatic carbocycles. The Hall–Kier alpha value is -3.26. The molecule has 1 amide bonds. The first-order chi connectivity index (χ1) is 16.4. The number of carbonyl (C=O) groups excluding carboxylic acids is 2. The summed E-state index contributed by atoms with van der Waals surface area (Å²) < 4.78 is 20.9. The average molecular weight is 473 g/mol. The second-order valence-corrected chi connectivity index (χ2v) is 7.73. The highest BCUT2D eigenvalue weighted by Gasteiger charge is 2.24. The number of aryl methyl sites for hydroxylation is 1. The smallest absolute Gasteiger partial charge is 0.302 e. The Bertz CT molecular complexity index is 886. The van der Waals surface area contributed by atoms with Gasteiger partial charge in [-0.15, -0.1) is 0 Å². The first-order valence-corrected chi connectivity index (χ1v) is 11.4. The number of esters is 1. The molecule has 186 valence electrons. The van der Waals surface area contributed by atoms with Gasteiger partial charge in [-0.1, -0.05) is 37.3 Å². The summed E-state index contributed by atoms with van der Waals surface area (Å²) >= 11 is 0. The van der Waals surface area contributed by atoms with Crippen LogP contribution in [0.5, 0.6) is 17.2 Å². The molecule has 0 atom stereocenters. The number of carbonyl (C=O) groups is 2. The molecule has 8 nitrogen and oxygen atoms in total. The molecule has 8 heteroatoms. The van der Waals surface area contributed by atoms with Gasteiger partial charge in [0.25, 0.3) is 5.91 Å². The van der Waals surface area contributed by atoms with Gasteiger partial charge in [0.15, 0.2) is 11.5 Å². The standard InChI is InChI=1S/C18H26N2O6.C8H10/c1-13(21)26-10-9-19-5-7-20(8-6-19)18(22)14-11-15(23-2)17(25-4)16(12-14)24-3;1-2-8-6-4-3-5-7-8/h11-12H,5-10H2,1-4H3;3-7H,2H2,1H3. The van der Waals surface area contributed by atoms with Gasteiger partial charge in [-0.05, 0) is 24.1 Å². The van der Waals surface area contributed by atoms with Crippen molar-refractivity contribution in [3.8, 4) is 17.2 Å². The quantitative estimate of drug-likeness (QED) is 0.546. The lowest BCUT2D eigenvalue weighted by atomic mass is 10.1. The van der Waals surface area contributed by atoms with Crippen molar-refractivity contribution in [2.24, 2.45) is 0 Å². The van der Waals surface area contributed by atoms with Gasteiger partial charge in [0.05, 0.1) is 21.3 Å². The van der Waals surface area contributed by atoms with Crippen molar-refractivity contribution in [1.29, 1.82) is 0 Å². The highest BCUT2D eigenvalue weighted by atomic mass is 16.5. The molecule has 0 aliphatic carbocycles. The van der Waals surface area contributed by atoms with E-state index in [0.29, 0.717) is 49.1 Å². The van der Waals surface area contributed by atoms with E-state index >= 15 is 0 Å². The van der Waals surface area contributed by atoms with E-state index in [0.717, 1.165) is 19.5 Å². The molecule has 0 spiro atoms. The lowest BCUT2D eigenvalue weighted by Crippen LogP contribution is -2.49. The summed E-state index contributed by atoms with van der Waals surface area (Å²) in [5.74, 6) is 1.01. The zero-order chi connectivity index (χ0) is 24.9. The largest absolute Gasteiger partial charge is 0.493 e. The highest BCUT2D eigenvalue weighted by Crippen LogP contribution is 2.38. The number of hydrogen-bond acceptors (Lipinski definition) is 7. The third-order valence-electron chi connectivity index (χ3n) is 5.54. The van der Waals surface area contributed by atoms with E-state index in [9.17, 15) is 9.59 Å². The molecule has 0 saturated carbocycles. The summed E-state index contributed by atoms with van der Waals surface area (Å²) in [6.07, 6.45) is 1.14. The molecule has 0 unspecified atom stereocenters. The number of ether oxygens (including phenoxy) is 4. The summed E-state index contributed by atoms with van der Waals surface area (Å²) in [5.41, 5.74) is 1.90. The van der Waals surface area contributed by atoms with Crippen LogP contribution in [0.4, 0.5) is 0 Å². The Kier molecular flexibility index (Phi) is 11.2. The predicted molar refractivity (Wildman–Crippen MR) is 131 cm³/mol. The minimum absolute atomic E-state index is 0.0797. The number of hydrogen-bond donors (Lipinski definition) is 0. The minimum Gasteiger partial charge on any atom is -0.493 e. The number of amides is 1. The Morgan fingerprint density at radius 2 is 1.47 bits per heavy atom. The van der Waals surface area contributed by atoms with Crippen LogP contribution in [0, 0.1) is 0 Å². The summed E-state index contributed by atoms with van der Waals surface area (Å²) in [6, 6.07) is 13.8. The summed E-state index contributed by atoms with van der Waals surface area (Å²) in [7, 11) is 4.57. The molecule has 0 bridgehead atoms. The SMILES string of the molecule is CCc1ccccc1.COc1cc(C(=O)N2CCN(CCOC(C)=O)CC2)cc(OC)c1OC. The maximum Gasteiger partial charge on any atom is 0.302 e. The van der Waals surface area contributed by atoms with Gasteiger partial charge in [-0.3, -0.25) is 14.5 Å². The number of methoxy groups -OCH3 is 3.